The topological polar surface area (TPSA) is 102 Å². The van der Waals surface area contributed by atoms with Gasteiger partial charge >= 0.3 is 5.97 Å². The molecule has 120 valence electrons. The maximum atomic E-state index is 12.2. The van der Waals surface area contributed by atoms with E-state index in [2.05, 4.69) is 0 Å². The predicted molar refractivity (Wildman–Crippen MR) is 89.2 cm³/mol. The molecule has 3 aromatic rings. The Morgan fingerprint density at radius 2 is 1.71 bits per heavy atom. The Hall–Kier alpha value is -3.41. The van der Waals surface area contributed by atoms with E-state index in [4.69, 9.17) is 5.73 Å². The quantitative estimate of drug-likeness (QED) is 0.765. The Morgan fingerprint density at radius 3 is 2.33 bits per heavy atom. The number of para-hydroxylation sites is 1. The molecule has 0 radical (unpaired) electrons. The molecule has 0 spiro atoms. The van der Waals surface area contributed by atoms with Gasteiger partial charge < -0.3 is 15.4 Å². The fourth-order valence-corrected chi connectivity index (χ4v) is 2.60. The Kier molecular flexibility index (Phi) is 3.87. The fourth-order valence-electron chi connectivity index (χ4n) is 2.60. The summed E-state index contributed by atoms with van der Waals surface area (Å²) in [5.74, 6) is -1.77. The molecule has 6 nitrogen and oxygen atoms in total. The van der Waals surface area contributed by atoms with Gasteiger partial charge in [-0.3, -0.25) is 9.59 Å². The third kappa shape index (κ3) is 2.77. The van der Waals surface area contributed by atoms with Crippen molar-refractivity contribution in [2.45, 2.75) is 6.54 Å². The molecule has 0 aliphatic heterocycles. The van der Waals surface area contributed by atoms with Crippen molar-refractivity contribution < 1.29 is 14.7 Å². The predicted octanol–water partition coefficient (Wildman–Crippen LogP) is 1.85. The van der Waals surface area contributed by atoms with Crippen molar-refractivity contribution >= 4 is 22.8 Å². The van der Waals surface area contributed by atoms with Crippen LogP contribution in [-0.4, -0.2) is 21.6 Å². The first kappa shape index (κ1) is 15.5. The summed E-state index contributed by atoms with van der Waals surface area (Å²) in [7, 11) is 0. The number of hydrogen-bond donors (Lipinski definition) is 2. The summed E-state index contributed by atoms with van der Waals surface area (Å²) in [5.41, 5.74) is 6.33. The summed E-state index contributed by atoms with van der Waals surface area (Å²) in [6.07, 6.45) is 1.34. The van der Waals surface area contributed by atoms with Gasteiger partial charge in [-0.2, -0.15) is 0 Å². The van der Waals surface area contributed by atoms with E-state index < -0.39 is 17.3 Å². The zero-order valence-electron chi connectivity index (χ0n) is 12.6. The van der Waals surface area contributed by atoms with Crippen LogP contribution in [0.25, 0.3) is 10.9 Å². The standard InChI is InChI=1S/C18H14N2O4/c19-17(22)12-7-5-11(6-8-12)9-20-10-14(18(23)24)16(21)13-3-1-2-4-15(13)20/h1-8,10H,9H2,(H2,19,22)(H,23,24). The van der Waals surface area contributed by atoms with Crippen LogP contribution in [-0.2, 0) is 6.54 Å². The van der Waals surface area contributed by atoms with Gasteiger partial charge in [0.25, 0.3) is 0 Å². The van der Waals surface area contributed by atoms with Crippen LogP contribution < -0.4 is 11.2 Å². The number of carboxylic acid groups (broad SMARTS) is 1. The lowest BCUT2D eigenvalue weighted by Gasteiger charge is -2.12. The molecule has 1 heterocycles. The molecule has 0 aliphatic rings. The smallest absolute Gasteiger partial charge is 0.341 e. The summed E-state index contributed by atoms with van der Waals surface area (Å²) in [6.45, 7) is 0.361. The second kappa shape index (κ2) is 6.00. The molecular weight excluding hydrogens is 308 g/mol. The number of fused-ring (bicyclic) bond motifs is 1. The molecule has 0 unspecified atom stereocenters. The largest absolute Gasteiger partial charge is 0.477 e. The Labute approximate surface area is 136 Å². The van der Waals surface area contributed by atoms with E-state index in [0.29, 0.717) is 23.0 Å². The van der Waals surface area contributed by atoms with Crippen LogP contribution in [0.2, 0.25) is 0 Å². The van der Waals surface area contributed by atoms with E-state index in [-0.39, 0.29) is 5.56 Å². The minimum atomic E-state index is -1.26. The van der Waals surface area contributed by atoms with Crippen LogP contribution in [0.1, 0.15) is 26.3 Å². The molecule has 24 heavy (non-hydrogen) atoms. The van der Waals surface area contributed by atoms with Crippen LogP contribution in [0.3, 0.4) is 0 Å². The molecule has 0 aliphatic carbocycles. The average molecular weight is 322 g/mol. The Morgan fingerprint density at radius 1 is 1.04 bits per heavy atom. The molecule has 0 bridgehead atoms. The van der Waals surface area contributed by atoms with Crippen molar-refractivity contribution in [2.24, 2.45) is 5.73 Å². The molecule has 0 saturated heterocycles. The monoisotopic (exact) mass is 322 g/mol. The minimum absolute atomic E-state index is 0.276. The molecule has 0 fully saturated rings. The highest BCUT2D eigenvalue weighted by Crippen LogP contribution is 2.15. The lowest BCUT2D eigenvalue weighted by Crippen LogP contribution is -2.19. The number of carbonyl (C=O) groups excluding carboxylic acids is 1. The molecule has 3 N–H and O–H groups in total. The first-order chi connectivity index (χ1) is 11.5. The highest BCUT2D eigenvalue weighted by Gasteiger charge is 2.14. The highest BCUT2D eigenvalue weighted by atomic mass is 16.4. The molecule has 6 heteroatoms. The average Bonchev–Trinajstić information content (AvgIpc) is 2.57. The van der Waals surface area contributed by atoms with Crippen LogP contribution in [0.4, 0.5) is 0 Å². The highest BCUT2D eigenvalue weighted by molar-refractivity contribution is 5.93. The normalized spacial score (nSPS) is 10.7. The zero-order valence-corrected chi connectivity index (χ0v) is 12.6. The number of nitrogens with two attached hydrogens (primary N) is 1. The number of primary amides is 1. The van der Waals surface area contributed by atoms with Crippen LogP contribution in [0.5, 0.6) is 0 Å². The minimum Gasteiger partial charge on any atom is -0.477 e. The summed E-state index contributed by atoms with van der Waals surface area (Å²) in [6, 6.07) is 13.6. The van der Waals surface area contributed by atoms with Gasteiger partial charge in [0, 0.05) is 23.7 Å². The molecule has 1 amide bonds. The molecular formula is C18H14N2O4. The number of aromatic carboxylic acids is 1. The van der Waals surface area contributed by atoms with Crippen LogP contribution >= 0.6 is 0 Å². The summed E-state index contributed by atoms with van der Waals surface area (Å²) in [5, 5.41) is 9.60. The third-order valence-corrected chi connectivity index (χ3v) is 3.81. The lowest BCUT2D eigenvalue weighted by atomic mass is 10.1. The van der Waals surface area contributed by atoms with E-state index in [1.54, 1.807) is 53.1 Å². The summed E-state index contributed by atoms with van der Waals surface area (Å²) < 4.78 is 1.71. The van der Waals surface area contributed by atoms with E-state index in [1.807, 2.05) is 0 Å². The van der Waals surface area contributed by atoms with E-state index in [9.17, 15) is 19.5 Å². The van der Waals surface area contributed by atoms with E-state index in [1.165, 1.54) is 6.20 Å². The third-order valence-electron chi connectivity index (χ3n) is 3.81. The summed E-state index contributed by atoms with van der Waals surface area (Å²) >= 11 is 0. The van der Waals surface area contributed by atoms with Gasteiger partial charge in [0.1, 0.15) is 5.56 Å². The first-order valence-electron chi connectivity index (χ1n) is 7.21. The molecule has 2 aromatic carbocycles. The van der Waals surface area contributed by atoms with Gasteiger partial charge in [0.15, 0.2) is 0 Å². The van der Waals surface area contributed by atoms with Gasteiger partial charge in [0.2, 0.25) is 11.3 Å². The number of aromatic nitrogens is 1. The molecule has 1 aromatic heterocycles. The molecule has 0 atom stereocenters. The fraction of sp³-hybridized carbons (Fsp3) is 0.0556. The van der Waals surface area contributed by atoms with Crippen molar-refractivity contribution in [1.82, 2.24) is 4.57 Å². The van der Waals surface area contributed by atoms with Crippen molar-refractivity contribution in [1.29, 1.82) is 0 Å². The number of rotatable bonds is 4. The molecule has 3 rings (SSSR count). The lowest BCUT2D eigenvalue weighted by molar-refractivity contribution is 0.0694. The number of nitrogens with zero attached hydrogens (tertiary/aromatic N) is 1. The number of pyridine rings is 1. The Balaban J connectivity index is 2.11. The van der Waals surface area contributed by atoms with Crippen LogP contribution in [0, 0.1) is 0 Å². The Bertz CT molecular complexity index is 1000. The van der Waals surface area contributed by atoms with Crippen molar-refractivity contribution in [3.8, 4) is 0 Å². The maximum Gasteiger partial charge on any atom is 0.341 e. The van der Waals surface area contributed by atoms with Gasteiger partial charge in [-0.25, -0.2) is 4.79 Å². The summed E-state index contributed by atoms with van der Waals surface area (Å²) in [4.78, 5) is 34.7. The number of amides is 1. The molecule has 0 saturated carbocycles. The van der Waals surface area contributed by atoms with Gasteiger partial charge in [0.05, 0.1) is 5.52 Å². The first-order valence-corrected chi connectivity index (χ1v) is 7.21. The van der Waals surface area contributed by atoms with E-state index >= 15 is 0 Å². The van der Waals surface area contributed by atoms with Crippen molar-refractivity contribution in [3.63, 3.8) is 0 Å². The van der Waals surface area contributed by atoms with E-state index in [0.717, 1.165) is 5.56 Å². The SMILES string of the molecule is NC(=O)c1ccc(Cn2cc(C(=O)O)c(=O)c3ccccc32)cc1. The van der Waals surface area contributed by atoms with Gasteiger partial charge in [-0.1, -0.05) is 24.3 Å². The van der Waals surface area contributed by atoms with Crippen molar-refractivity contribution in [2.75, 3.05) is 0 Å². The second-order valence-electron chi connectivity index (χ2n) is 5.38. The number of carbonyl (C=O) groups is 2. The van der Waals surface area contributed by atoms with Crippen molar-refractivity contribution in [3.05, 3.63) is 81.6 Å². The van der Waals surface area contributed by atoms with Gasteiger partial charge in [-0.15, -0.1) is 0 Å². The number of carboxylic acids is 1. The zero-order chi connectivity index (χ0) is 17.3. The second-order valence-corrected chi connectivity index (χ2v) is 5.38. The van der Waals surface area contributed by atoms with Gasteiger partial charge in [-0.05, 0) is 29.8 Å². The maximum absolute atomic E-state index is 12.2. The van der Waals surface area contributed by atoms with Crippen LogP contribution in [0.15, 0.2) is 59.5 Å². The number of hydrogen-bond acceptors (Lipinski definition) is 3. The number of benzene rings is 2.